The van der Waals surface area contributed by atoms with Gasteiger partial charge in [-0.2, -0.15) is 0 Å². The average molecular weight is 458 g/mol. The molecule has 172 valence electrons. The van der Waals surface area contributed by atoms with Crippen LogP contribution in [-0.2, 0) is 11.3 Å². The van der Waals surface area contributed by atoms with Gasteiger partial charge in [-0.1, -0.05) is 30.3 Å². The molecular weight excluding hydrogens is 433 g/mol. The van der Waals surface area contributed by atoms with Crippen molar-refractivity contribution in [1.82, 2.24) is 29.5 Å². The van der Waals surface area contributed by atoms with E-state index in [1.165, 1.54) is 12.4 Å². The molecule has 0 radical (unpaired) electrons. The lowest BCUT2D eigenvalue weighted by Crippen LogP contribution is -2.34. The number of nitrogens with one attached hydrogen (secondary N) is 1. The molecule has 3 N–H and O–H groups in total. The van der Waals surface area contributed by atoms with Gasteiger partial charge in [-0.3, -0.25) is 0 Å². The lowest BCUT2D eigenvalue weighted by atomic mass is 9.88. The van der Waals surface area contributed by atoms with E-state index in [-0.39, 0.29) is 23.9 Å². The summed E-state index contributed by atoms with van der Waals surface area (Å²) >= 11 is 0. The van der Waals surface area contributed by atoms with Crippen molar-refractivity contribution in [3.63, 3.8) is 0 Å². The van der Waals surface area contributed by atoms with Gasteiger partial charge in [0.25, 0.3) is 0 Å². The average Bonchev–Trinajstić information content (AvgIpc) is 3.41. The highest BCUT2D eigenvalue weighted by atomic mass is 19.1. The third-order valence-corrected chi connectivity index (χ3v) is 6.57. The van der Waals surface area contributed by atoms with E-state index in [9.17, 15) is 4.39 Å². The topological polar surface area (TPSA) is 108 Å². The Morgan fingerprint density at radius 1 is 1.15 bits per heavy atom. The van der Waals surface area contributed by atoms with E-state index in [2.05, 4.69) is 36.6 Å². The fourth-order valence-electron chi connectivity index (χ4n) is 4.64. The first-order valence-corrected chi connectivity index (χ1v) is 11.4. The van der Waals surface area contributed by atoms with Crippen LogP contribution < -0.4 is 5.73 Å². The zero-order valence-corrected chi connectivity index (χ0v) is 18.6. The van der Waals surface area contributed by atoms with E-state index >= 15 is 0 Å². The van der Waals surface area contributed by atoms with E-state index in [1.807, 2.05) is 25.1 Å². The van der Waals surface area contributed by atoms with Gasteiger partial charge in [-0.05, 0) is 43.5 Å². The second kappa shape index (κ2) is 8.18. The summed E-state index contributed by atoms with van der Waals surface area (Å²) in [6.07, 6.45) is 3.24. The molecule has 1 atom stereocenters. The third kappa shape index (κ3) is 3.58. The van der Waals surface area contributed by atoms with Crippen molar-refractivity contribution >= 4 is 28.0 Å². The number of ether oxygens (including phenoxy) is 1. The molecular formula is C25H24FN7O. The summed E-state index contributed by atoms with van der Waals surface area (Å²) in [6.45, 7) is 2.61. The number of nitrogens with zero attached hydrogens (tertiary/aromatic N) is 5. The van der Waals surface area contributed by atoms with Gasteiger partial charge in [0.05, 0.1) is 29.7 Å². The number of aromatic nitrogens is 6. The Labute approximate surface area is 195 Å². The van der Waals surface area contributed by atoms with Gasteiger partial charge >= 0.3 is 0 Å². The van der Waals surface area contributed by atoms with Crippen LogP contribution >= 0.6 is 0 Å². The van der Waals surface area contributed by atoms with Crippen molar-refractivity contribution in [2.45, 2.75) is 44.4 Å². The number of fused-ring (bicyclic) bond motifs is 2. The van der Waals surface area contributed by atoms with E-state index in [4.69, 9.17) is 15.5 Å². The molecule has 9 heteroatoms. The van der Waals surface area contributed by atoms with E-state index in [0.717, 1.165) is 35.3 Å². The summed E-state index contributed by atoms with van der Waals surface area (Å²) in [6, 6.07) is 15.0. The van der Waals surface area contributed by atoms with Crippen LogP contribution in [-0.4, -0.2) is 35.6 Å². The molecule has 3 aromatic heterocycles. The molecule has 5 aromatic rings. The van der Waals surface area contributed by atoms with Crippen LogP contribution in [0.5, 0.6) is 0 Å². The Morgan fingerprint density at radius 2 is 1.97 bits per heavy atom. The first-order valence-electron chi connectivity index (χ1n) is 11.4. The molecule has 1 fully saturated rings. The molecule has 0 unspecified atom stereocenters. The minimum atomic E-state index is -0.282. The summed E-state index contributed by atoms with van der Waals surface area (Å²) < 4.78 is 22.4. The summed E-state index contributed by atoms with van der Waals surface area (Å²) in [7, 11) is 0. The van der Waals surface area contributed by atoms with Gasteiger partial charge in [-0.15, -0.1) is 0 Å². The minimum Gasteiger partial charge on any atom is -0.382 e. The van der Waals surface area contributed by atoms with E-state index in [1.54, 1.807) is 12.1 Å². The molecule has 2 aromatic carbocycles. The molecule has 0 amide bonds. The smallest absolute Gasteiger partial charge is 0.163 e. The molecule has 6 rings (SSSR count). The molecule has 34 heavy (non-hydrogen) atoms. The Hall–Kier alpha value is -3.85. The highest BCUT2D eigenvalue weighted by molar-refractivity contribution is 5.81. The molecule has 3 heterocycles. The van der Waals surface area contributed by atoms with E-state index in [0.29, 0.717) is 29.4 Å². The number of H-pyrrole nitrogens is 1. The highest BCUT2D eigenvalue weighted by Gasteiger charge is 2.35. The standard InChI is InChI=1S/C25H24FN7O/c1-14(23-31-21-22(27)28-13-29-24(21)32-23)25-30-19-8-7-16(26)9-20(19)33(25)17-10-18(11-17)34-12-15-5-3-2-4-6-15/h2-9,13-14,17-18H,10-12H2,1H3,(H3,27,28,29,31,32)/t14-,17-,18-/m0/s1. The fraction of sp³-hybridized carbons (Fsp3) is 0.280. The third-order valence-electron chi connectivity index (χ3n) is 6.57. The number of halogens is 1. The quantitative estimate of drug-likeness (QED) is 0.389. The largest absolute Gasteiger partial charge is 0.382 e. The summed E-state index contributed by atoms with van der Waals surface area (Å²) in [5, 5.41) is 0. The van der Waals surface area contributed by atoms with Crippen LogP contribution in [0, 0.1) is 5.82 Å². The zero-order chi connectivity index (χ0) is 23.2. The highest BCUT2D eigenvalue weighted by Crippen LogP contribution is 2.40. The lowest BCUT2D eigenvalue weighted by molar-refractivity contribution is -0.0354. The number of benzene rings is 2. The minimum absolute atomic E-state index is 0.153. The van der Waals surface area contributed by atoms with Crippen molar-refractivity contribution in [1.29, 1.82) is 0 Å². The van der Waals surface area contributed by atoms with Crippen molar-refractivity contribution in [2.75, 3.05) is 5.73 Å². The number of anilines is 1. The van der Waals surface area contributed by atoms with Gasteiger partial charge in [0.1, 0.15) is 29.3 Å². The molecule has 0 spiro atoms. The molecule has 1 aliphatic rings. The Kier molecular flexibility index (Phi) is 4.99. The Balaban J connectivity index is 1.30. The van der Waals surface area contributed by atoms with Crippen LogP contribution in [0.25, 0.3) is 22.2 Å². The monoisotopic (exact) mass is 457 g/mol. The number of imidazole rings is 2. The van der Waals surface area contributed by atoms with Crippen LogP contribution in [0.1, 0.15) is 48.9 Å². The summed E-state index contributed by atoms with van der Waals surface area (Å²) in [5.41, 5.74) is 9.79. The first kappa shape index (κ1) is 20.7. The summed E-state index contributed by atoms with van der Waals surface area (Å²) in [5.74, 6) is 1.37. The molecule has 1 aliphatic carbocycles. The lowest BCUT2D eigenvalue weighted by Gasteiger charge is -2.37. The maximum atomic E-state index is 14.2. The van der Waals surface area contributed by atoms with Crippen LogP contribution in [0.3, 0.4) is 0 Å². The normalized spacial score (nSPS) is 18.9. The first-order chi connectivity index (χ1) is 16.6. The van der Waals surface area contributed by atoms with E-state index < -0.39 is 0 Å². The predicted molar refractivity (Wildman–Crippen MR) is 127 cm³/mol. The van der Waals surface area contributed by atoms with Gasteiger partial charge in [-0.25, -0.2) is 24.3 Å². The van der Waals surface area contributed by atoms with Crippen LogP contribution in [0.4, 0.5) is 10.2 Å². The molecule has 0 aliphatic heterocycles. The van der Waals surface area contributed by atoms with Gasteiger partial charge in [0, 0.05) is 6.04 Å². The van der Waals surface area contributed by atoms with Crippen molar-refractivity contribution in [3.05, 3.63) is 77.9 Å². The molecule has 0 saturated heterocycles. The molecule has 8 nitrogen and oxygen atoms in total. The fourth-order valence-corrected chi connectivity index (χ4v) is 4.64. The number of rotatable bonds is 6. The summed E-state index contributed by atoms with van der Waals surface area (Å²) in [4.78, 5) is 21.0. The number of nitrogens with two attached hydrogens (primary N) is 1. The zero-order valence-electron chi connectivity index (χ0n) is 18.6. The number of hydrogen-bond acceptors (Lipinski definition) is 6. The van der Waals surface area contributed by atoms with Crippen molar-refractivity contribution in [3.8, 4) is 0 Å². The van der Waals surface area contributed by atoms with Crippen LogP contribution in [0.2, 0.25) is 0 Å². The van der Waals surface area contributed by atoms with Crippen molar-refractivity contribution < 1.29 is 9.13 Å². The van der Waals surface area contributed by atoms with Crippen LogP contribution in [0.15, 0.2) is 54.9 Å². The number of nitrogen functional groups attached to an aromatic ring is 1. The van der Waals surface area contributed by atoms with Gasteiger partial charge in [0.15, 0.2) is 11.5 Å². The Morgan fingerprint density at radius 3 is 2.76 bits per heavy atom. The van der Waals surface area contributed by atoms with Gasteiger partial charge in [0.2, 0.25) is 0 Å². The van der Waals surface area contributed by atoms with Crippen molar-refractivity contribution in [2.24, 2.45) is 0 Å². The number of hydrogen-bond donors (Lipinski definition) is 2. The maximum absolute atomic E-state index is 14.2. The number of aromatic amines is 1. The Bertz CT molecular complexity index is 1470. The van der Waals surface area contributed by atoms with Gasteiger partial charge < -0.3 is 20.0 Å². The SMILES string of the molecule is C[C@@H](c1nc2c(N)ncnc2[nH]1)c1nc2ccc(F)cc2n1[C@H]1C[C@H](OCc2ccccc2)C1. The predicted octanol–water partition coefficient (Wildman–Crippen LogP) is 4.50. The molecule has 0 bridgehead atoms. The second-order valence-corrected chi connectivity index (χ2v) is 8.82. The molecule has 1 saturated carbocycles. The second-order valence-electron chi connectivity index (χ2n) is 8.82. The maximum Gasteiger partial charge on any atom is 0.163 e.